The molecule has 4 nitrogen and oxygen atoms in total. The highest BCUT2D eigenvalue weighted by atomic mass is 16.3. The van der Waals surface area contributed by atoms with Crippen LogP contribution in [0.5, 0.6) is 0 Å². The number of benzene rings is 1. The number of hydrogen-bond donors (Lipinski definition) is 1. The van der Waals surface area contributed by atoms with Crippen molar-refractivity contribution in [3.63, 3.8) is 0 Å². The summed E-state index contributed by atoms with van der Waals surface area (Å²) in [7, 11) is 0. The minimum Gasteiger partial charge on any atom is -0.464 e. The van der Waals surface area contributed by atoms with Crippen LogP contribution >= 0.6 is 0 Å². The molecular weight excluding hydrogens is 264 g/mol. The maximum absolute atomic E-state index is 12.1. The molecule has 0 fully saturated rings. The first kappa shape index (κ1) is 13.4. The molecule has 106 valence electrons. The van der Waals surface area contributed by atoms with E-state index in [1.807, 2.05) is 32.0 Å². The second kappa shape index (κ2) is 5.40. The molecule has 3 aromatic rings. The highest BCUT2D eigenvalue weighted by Gasteiger charge is 2.13. The lowest BCUT2D eigenvalue weighted by atomic mass is 10.0. The molecule has 1 N–H and O–H groups in total. The predicted octanol–water partition coefficient (Wildman–Crippen LogP) is 3.63. The third-order valence-corrected chi connectivity index (χ3v) is 3.38. The van der Waals surface area contributed by atoms with E-state index in [9.17, 15) is 4.79 Å². The Balaban J connectivity index is 1.84. The van der Waals surface area contributed by atoms with Crippen LogP contribution in [0.25, 0.3) is 11.0 Å². The molecule has 2 aromatic heterocycles. The number of pyridine rings is 1. The number of amides is 1. The van der Waals surface area contributed by atoms with Crippen molar-refractivity contribution >= 4 is 22.7 Å². The maximum Gasteiger partial charge on any atom is 0.230 e. The maximum atomic E-state index is 12.1. The van der Waals surface area contributed by atoms with Crippen LogP contribution in [0.4, 0.5) is 5.82 Å². The van der Waals surface area contributed by atoms with Crippen LogP contribution in [0.15, 0.2) is 47.2 Å². The smallest absolute Gasteiger partial charge is 0.230 e. The Morgan fingerprint density at radius 1 is 1.29 bits per heavy atom. The third-order valence-electron chi connectivity index (χ3n) is 3.38. The van der Waals surface area contributed by atoms with Crippen molar-refractivity contribution in [1.29, 1.82) is 0 Å². The van der Waals surface area contributed by atoms with E-state index < -0.39 is 0 Å². The summed E-state index contributed by atoms with van der Waals surface area (Å²) in [5, 5.41) is 3.81. The lowest BCUT2D eigenvalue weighted by Gasteiger charge is -2.04. The zero-order valence-corrected chi connectivity index (χ0v) is 12.0. The van der Waals surface area contributed by atoms with Gasteiger partial charge in [-0.15, -0.1) is 0 Å². The van der Waals surface area contributed by atoms with Gasteiger partial charge >= 0.3 is 0 Å². The molecule has 0 aliphatic rings. The summed E-state index contributed by atoms with van der Waals surface area (Å²) in [4.78, 5) is 16.2. The van der Waals surface area contributed by atoms with Gasteiger partial charge in [0, 0.05) is 17.1 Å². The summed E-state index contributed by atoms with van der Waals surface area (Å²) in [5.74, 6) is 0.458. The van der Waals surface area contributed by atoms with Gasteiger partial charge in [-0.2, -0.15) is 0 Å². The minimum atomic E-state index is -0.101. The van der Waals surface area contributed by atoms with Crippen LogP contribution in [-0.2, 0) is 11.2 Å². The van der Waals surface area contributed by atoms with E-state index in [0.29, 0.717) is 5.82 Å². The van der Waals surface area contributed by atoms with Crippen LogP contribution in [-0.4, -0.2) is 10.9 Å². The number of carbonyl (C=O) groups excluding carboxylic acids is 1. The van der Waals surface area contributed by atoms with Crippen LogP contribution in [0.2, 0.25) is 0 Å². The van der Waals surface area contributed by atoms with Gasteiger partial charge in [0.1, 0.15) is 11.4 Å². The summed E-state index contributed by atoms with van der Waals surface area (Å²) < 4.78 is 5.57. The van der Waals surface area contributed by atoms with Gasteiger partial charge in [0.2, 0.25) is 5.91 Å². The van der Waals surface area contributed by atoms with Gasteiger partial charge in [0.15, 0.2) is 0 Å². The molecule has 0 atom stereocenters. The largest absolute Gasteiger partial charge is 0.464 e. The second-order valence-electron chi connectivity index (χ2n) is 5.16. The number of furan rings is 1. The Labute approximate surface area is 122 Å². The van der Waals surface area contributed by atoms with Crippen molar-refractivity contribution < 1.29 is 9.21 Å². The first-order valence-electron chi connectivity index (χ1n) is 6.81. The Bertz CT molecular complexity index is 791. The van der Waals surface area contributed by atoms with Crippen molar-refractivity contribution in [3.8, 4) is 0 Å². The zero-order chi connectivity index (χ0) is 14.8. The molecule has 1 aromatic carbocycles. The number of rotatable bonds is 3. The summed E-state index contributed by atoms with van der Waals surface area (Å²) in [6, 6.07) is 9.49. The molecule has 0 saturated carbocycles. The first-order valence-corrected chi connectivity index (χ1v) is 6.81. The van der Waals surface area contributed by atoms with E-state index in [-0.39, 0.29) is 12.3 Å². The third kappa shape index (κ3) is 2.79. The van der Waals surface area contributed by atoms with E-state index in [0.717, 1.165) is 27.7 Å². The van der Waals surface area contributed by atoms with Crippen LogP contribution in [0.1, 0.15) is 16.7 Å². The monoisotopic (exact) mass is 280 g/mol. The van der Waals surface area contributed by atoms with Crippen molar-refractivity contribution in [2.75, 3.05) is 5.32 Å². The Morgan fingerprint density at radius 3 is 2.90 bits per heavy atom. The van der Waals surface area contributed by atoms with Gasteiger partial charge in [0.05, 0.1) is 12.7 Å². The van der Waals surface area contributed by atoms with E-state index in [2.05, 4.69) is 16.4 Å². The number of nitrogens with one attached hydrogen (secondary N) is 1. The predicted molar refractivity (Wildman–Crippen MR) is 82.3 cm³/mol. The average molecular weight is 280 g/mol. The van der Waals surface area contributed by atoms with Crippen molar-refractivity contribution in [2.24, 2.45) is 0 Å². The van der Waals surface area contributed by atoms with Gasteiger partial charge < -0.3 is 9.73 Å². The molecule has 0 saturated heterocycles. The van der Waals surface area contributed by atoms with E-state index in [1.165, 1.54) is 0 Å². The number of anilines is 1. The molecule has 0 unspecified atom stereocenters. The lowest BCUT2D eigenvalue weighted by Crippen LogP contribution is -2.15. The van der Waals surface area contributed by atoms with Gasteiger partial charge in [-0.1, -0.05) is 12.1 Å². The van der Waals surface area contributed by atoms with Crippen molar-refractivity contribution in [3.05, 3.63) is 59.5 Å². The van der Waals surface area contributed by atoms with E-state index >= 15 is 0 Å². The lowest BCUT2D eigenvalue weighted by molar-refractivity contribution is -0.115. The Morgan fingerprint density at radius 2 is 2.14 bits per heavy atom. The summed E-state index contributed by atoms with van der Waals surface area (Å²) in [6.07, 6.45) is 3.58. The number of carbonyl (C=O) groups is 1. The topological polar surface area (TPSA) is 55.1 Å². The molecule has 0 spiro atoms. The fourth-order valence-electron chi connectivity index (χ4n) is 2.55. The molecule has 0 aliphatic heterocycles. The van der Waals surface area contributed by atoms with Gasteiger partial charge in [-0.05, 0) is 43.2 Å². The number of hydrogen-bond acceptors (Lipinski definition) is 3. The summed E-state index contributed by atoms with van der Waals surface area (Å²) in [6.45, 7) is 4.06. The number of aromatic nitrogens is 1. The van der Waals surface area contributed by atoms with Crippen molar-refractivity contribution in [2.45, 2.75) is 20.3 Å². The van der Waals surface area contributed by atoms with Crippen LogP contribution < -0.4 is 5.32 Å². The number of nitrogens with zero attached hydrogens (tertiary/aromatic N) is 1. The normalized spacial score (nSPS) is 10.8. The first-order chi connectivity index (χ1) is 10.1. The highest BCUT2D eigenvalue weighted by molar-refractivity contribution is 5.95. The molecular formula is C17H16N2O2. The van der Waals surface area contributed by atoms with E-state index in [4.69, 9.17) is 4.42 Å². The fraction of sp³-hybridized carbons (Fsp3) is 0.176. The fourth-order valence-corrected chi connectivity index (χ4v) is 2.55. The zero-order valence-electron chi connectivity index (χ0n) is 12.0. The second-order valence-corrected chi connectivity index (χ2v) is 5.16. The number of aryl methyl sites for hydroxylation is 2. The Kier molecular flexibility index (Phi) is 3.44. The van der Waals surface area contributed by atoms with Gasteiger partial charge in [-0.25, -0.2) is 4.98 Å². The van der Waals surface area contributed by atoms with Gasteiger partial charge in [0.25, 0.3) is 0 Å². The quantitative estimate of drug-likeness (QED) is 0.797. The molecule has 21 heavy (non-hydrogen) atoms. The molecule has 4 heteroatoms. The van der Waals surface area contributed by atoms with Crippen molar-refractivity contribution in [1.82, 2.24) is 4.98 Å². The van der Waals surface area contributed by atoms with Crippen LogP contribution in [0, 0.1) is 13.8 Å². The summed E-state index contributed by atoms with van der Waals surface area (Å²) >= 11 is 0. The summed E-state index contributed by atoms with van der Waals surface area (Å²) in [5.41, 5.74) is 4.00. The highest BCUT2D eigenvalue weighted by Crippen LogP contribution is 2.26. The standard InChI is InChI=1S/C17H16N2O2/c1-11-7-12(2)17-13(10-21-14(17)8-11)9-16(20)19-15-5-3-4-6-18-15/h3-8,10H,9H2,1-2H3,(H,18,19,20). The van der Waals surface area contributed by atoms with Gasteiger partial charge in [-0.3, -0.25) is 4.79 Å². The molecule has 0 aliphatic carbocycles. The number of fused-ring (bicyclic) bond motifs is 1. The molecule has 3 rings (SSSR count). The van der Waals surface area contributed by atoms with Crippen LogP contribution in [0.3, 0.4) is 0 Å². The Hall–Kier alpha value is -2.62. The molecule has 1 amide bonds. The average Bonchev–Trinajstić information content (AvgIpc) is 2.82. The van der Waals surface area contributed by atoms with E-state index in [1.54, 1.807) is 18.5 Å². The molecule has 0 bridgehead atoms. The SMILES string of the molecule is Cc1cc(C)c2c(CC(=O)Nc3ccccn3)coc2c1. The molecule has 0 radical (unpaired) electrons. The minimum absolute atomic E-state index is 0.101. The molecule has 2 heterocycles.